The number of para-hydroxylation sites is 1. The van der Waals surface area contributed by atoms with E-state index >= 15 is 0 Å². The number of aryl methyl sites for hydroxylation is 1. The van der Waals surface area contributed by atoms with Crippen molar-refractivity contribution in [2.75, 3.05) is 13.1 Å². The summed E-state index contributed by atoms with van der Waals surface area (Å²) in [5.41, 5.74) is 1.16. The minimum Gasteiger partial charge on any atom is -0.358 e. The van der Waals surface area contributed by atoms with Gasteiger partial charge in [-0.1, -0.05) is 32.0 Å². The topological polar surface area (TPSA) is 42.7 Å². The third kappa shape index (κ3) is 4.97. The Hall–Kier alpha value is -0.576. The molecular weight excluding hydrogens is 349 g/mol. The molecule has 0 saturated carbocycles. The van der Waals surface area contributed by atoms with Crippen LogP contribution in [0.15, 0.2) is 30.3 Å². The van der Waals surface area contributed by atoms with Crippen LogP contribution in [0.3, 0.4) is 0 Å². The molecule has 0 bridgehead atoms. The first kappa shape index (κ1) is 21.4. The van der Waals surface area contributed by atoms with Crippen LogP contribution in [0.4, 0.5) is 0 Å². The molecule has 3 rings (SSSR count). The molecule has 1 radical (unpaired) electrons. The maximum Gasteiger partial charge on any atom is 0.140 e. The first-order valence-electron chi connectivity index (χ1n) is 7.54. The van der Waals surface area contributed by atoms with Crippen molar-refractivity contribution >= 4 is 0 Å². The molecule has 5 heteroatoms. The van der Waals surface area contributed by atoms with E-state index in [0.717, 1.165) is 43.3 Å². The van der Waals surface area contributed by atoms with Gasteiger partial charge in [0.25, 0.3) is 0 Å². The molecule has 0 atom stereocenters. The van der Waals surface area contributed by atoms with Crippen molar-refractivity contribution in [3.05, 3.63) is 49.4 Å². The largest absolute Gasteiger partial charge is 0.358 e. The molecular formula is C17H27N4Y-. The summed E-state index contributed by atoms with van der Waals surface area (Å²) in [5, 5.41) is 12.1. The monoisotopic (exact) mass is 376 g/mol. The first-order chi connectivity index (χ1) is 9.86. The third-order valence-electron chi connectivity index (χ3n) is 3.57. The number of benzene rings is 1. The van der Waals surface area contributed by atoms with Gasteiger partial charge in [-0.15, -0.1) is 10.2 Å². The van der Waals surface area contributed by atoms with Crippen LogP contribution in [0.25, 0.3) is 5.69 Å². The van der Waals surface area contributed by atoms with E-state index in [4.69, 9.17) is 0 Å². The van der Waals surface area contributed by atoms with Crippen molar-refractivity contribution in [1.29, 1.82) is 0 Å². The van der Waals surface area contributed by atoms with Gasteiger partial charge in [0.15, 0.2) is 0 Å². The second-order valence-corrected chi connectivity index (χ2v) is 4.80. The SMILES string of the molecule is CC.Cc1nnc(C2CCNCC2)n1-c1ccccc1.[CH3-].[Y]. The third-order valence-corrected chi connectivity index (χ3v) is 3.57. The predicted octanol–water partition coefficient (Wildman–Crippen LogP) is 3.52. The van der Waals surface area contributed by atoms with E-state index in [1.165, 1.54) is 0 Å². The van der Waals surface area contributed by atoms with Crippen LogP contribution in [0.2, 0.25) is 0 Å². The molecule has 1 aliphatic rings. The van der Waals surface area contributed by atoms with Gasteiger partial charge in [0.2, 0.25) is 0 Å². The van der Waals surface area contributed by atoms with Crippen LogP contribution in [0.5, 0.6) is 0 Å². The summed E-state index contributed by atoms with van der Waals surface area (Å²) in [6, 6.07) is 10.4. The van der Waals surface area contributed by atoms with Crippen molar-refractivity contribution in [2.45, 2.75) is 39.5 Å². The Labute approximate surface area is 160 Å². The van der Waals surface area contributed by atoms with E-state index in [1.807, 2.05) is 26.8 Å². The standard InChI is InChI=1S/C14H18N4.C2H6.CH3.Y/c1-11-16-17-14(12-7-9-15-10-8-12)18(11)13-5-3-2-4-6-13;1-2;;/h2-6,12,15H,7-10H2,1H3;1-2H3;1H3;/q;;-1;. The molecule has 1 saturated heterocycles. The van der Waals surface area contributed by atoms with E-state index in [1.54, 1.807) is 0 Å². The number of hydrogen-bond acceptors (Lipinski definition) is 3. The van der Waals surface area contributed by atoms with E-state index in [9.17, 15) is 0 Å². The zero-order chi connectivity index (χ0) is 14.4. The summed E-state index contributed by atoms with van der Waals surface area (Å²) in [6.07, 6.45) is 2.29. The fourth-order valence-electron chi connectivity index (χ4n) is 2.62. The molecule has 0 amide bonds. The van der Waals surface area contributed by atoms with Crippen LogP contribution in [-0.4, -0.2) is 27.9 Å². The van der Waals surface area contributed by atoms with E-state index in [0.29, 0.717) is 5.92 Å². The van der Waals surface area contributed by atoms with Crippen LogP contribution < -0.4 is 5.32 Å². The van der Waals surface area contributed by atoms with E-state index in [-0.39, 0.29) is 40.1 Å². The minimum absolute atomic E-state index is 0. The maximum atomic E-state index is 4.40. The Morgan fingerprint density at radius 2 is 1.64 bits per heavy atom. The molecule has 0 aliphatic carbocycles. The molecule has 2 heterocycles. The van der Waals surface area contributed by atoms with Crippen LogP contribution in [-0.2, 0) is 32.7 Å². The number of hydrogen-bond donors (Lipinski definition) is 1. The van der Waals surface area contributed by atoms with Crippen molar-refractivity contribution in [3.63, 3.8) is 0 Å². The van der Waals surface area contributed by atoms with Crippen molar-refractivity contribution in [1.82, 2.24) is 20.1 Å². The first-order valence-corrected chi connectivity index (χ1v) is 7.54. The molecule has 1 aromatic heterocycles. The second kappa shape index (κ2) is 11.0. The van der Waals surface area contributed by atoms with Gasteiger partial charge in [0.1, 0.15) is 11.6 Å². The summed E-state index contributed by atoms with van der Waals surface area (Å²) < 4.78 is 2.19. The van der Waals surface area contributed by atoms with Gasteiger partial charge in [-0.05, 0) is 45.0 Å². The van der Waals surface area contributed by atoms with Gasteiger partial charge in [-0.25, -0.2) is 0 Å². The summed E-state index contributed by atoms with van der Waals surface area (Å²) in [5.74, 6) is 2.60. The summed E-state index contributed by atoms with van der Waals surface area (Å²) in [6.45, 7) is 8.17. The van der Waals surface area contributed by atoms with Crippen LogP contribution in [0, 0.1) is 14.4 Å². The van der Waals surface area contributed by atoms with E-state index < -0.39 is 0 Å². The Kier molecular flexibility index (Phi) is 10.7. The zero-order valence-electron chi connectivity index (χ0n) is 14.2. The zero-order valence-corrected chi connectivity index (χ0v) is 17.0. The number of nitrogens with one attached hydrogen (secondary N) is 1. The number of aromatic nitrogens is 3. The molecule has 2 aromatic rings. The van der Waals surface area contributed by atoms with Crippen LogP contribution in [0.1, 0.15) is 44.3 Å². The average molecular weight is 376 g/mol. The van der Waals surface area contributed by atoms with Gasteiger partial charge in [-0.3, -0.25) is 4.57 Å². The van der Waals surface area contributed by atoms with Gasteiger partial charge in [-0.2, -0.15) is 0 Å². The smallest absolute Gasteiger partial charge is 0.140 e. The Balaban J connectivity index is 0.00000106. The average Bonchev–Trinajstić information content (AvgIpc) is 2.93. The fourth-order valence-corrected chi connectivity index (χ4v) is 2.62. The summed E-state index contributed by atoms with van der Waals surface area (Å²) >= 11 is 0. The molecule has 1 fully saturated rings. The van der Waals surface area contributed by atoms with Crippen molar-refractivity contribution in [2.24, 2.45) is 0 Å². The molecule has 119 valence electrons. The van der Waals surface area contributed by atoms with Crippen LogP contribution >= 0.6 is 0 Å². The quantitative estimate of drug-likeness (QED) is 0.816. The Morgan fingerprint density at radius 3 is 2.23 bits per heavy atom. The van der Waals surface area contributed by atoms with Gasteiger partial charge in [0, 0.05) is 44.3 Å². The molecule has 1 aliphatic heterocycles. The normalized spacial score (nSPS) is 14.1. The van der Waals surface area contributed by atoms with Gasteiger partial charge < -0.3 is 12.7 Å². The second-order valence-electron chi connectivity index (χ2n) is 4.80. The van der Waals surface area contributed by atoms with Crippen molar-refractivity contribution in [3.8, 4) is 5.69 Å². The van der Waals surface area contributed by atoms with Gasteiger partial charge >= 0.3 is 0 Å². The molecule has 1 N–H and O–H groups in total. The minimum atomic E-state index is 0. The fraction of sp³-hybridized carbons (Fsp3) is 0.471. The summed E-state index contributed by atoms with van der Waals surface area (Å²) in [4.78, 5) is 0. The molecule has 0 spiro atoms. The molecule has 22 heavy (non-hydrogen) atoms. The Bertz CT molecular complexity index is 519. The number of nitrogens with zero attached hydrogens (tertiary/aromatic N) is 3. The molecule has 4 nitrogen and oxygen atoms in total. The molecule has 1 aromatic carbocycles. The van der Waals surface area contributed by atoms with Gasteiger partial charge in [0.05, 0.1) is 0 Å². The number of rotatable bonds is 2. The van der Waals surface area contributed by atoms with Crippen molar-refractivity contribution < 1.29 is 32.7 Å². The molecule has 0 unspecified atom stereocenters. The number of piperidine rings is 1. The maximum absolute atomic E-state index is 4.40. The Morgan fingerprint density at radius 1 is 1.05 bits per heavy atom. The summed E-state index contributed by atoms with van der Waals surface area (Å²) in [7, 11) is 0. The predicted molar refractivity (Wildman–Crippen MR) is 88.7 cm³/mol. The van der Waals surface area contributed by atoms with E-state index in [2.05, 4.69) is 44.3 Å².